The van der Waals surface area contributed by atoms with Crippen molar-refractivity contribution in [3.05, 3.63) is 0 Å². The van der Waals surface area contributed by atoms with E-state index in [1.807, 2.05) is 0 Å². The van der Waals surface area contributed by atoms with Crippen molar-refractivity contribution in [3.63, 3.8) is 0 Å². The van der Waals surface area contributed by atoms with Gasteiger partial charge in [-0.25, -0.2) is 0 Å². The van der Waals surface area contributed by atoms with Gasteiger partial charge in [0.05, 0.1) is 12.7 Å². The van der Waals surface area contributed by atoms with Crippen molar-refractivity contribution in [1.29, 1.82) is 0 Å². The molecule has 90 valence electrons. The molecule has 4 nitrogen and oxygen atoms in total. The Morgan fingerprint density at radius 2 is 2.20 bits per heavy atom. The second-order valence-electron chi connectivity index (χ2n) is 4.10. The lowest BCUT2D eigenvalue weighted by Crippen LogP contribution is -2.38. The Kier molecular flexibility index (Phi) is 6.92. The summed E-state index contributed by atoms with van der Waals surface area (Å²) in [5.74, 6) is 0. The highest BCUT2D eigenvalue weighted by Gasteiger charge is 2.13. The van der Waals surface area contributed by atoms with Crippen molar-refractivity contribution in [2.75, 3.05) is 40.5 Å². The maximum Gasteiger partial charge on any atom is 0.0928 e. The largest absolute Gasteiger partial charge is 0.382 e. The van der Waals surface area contributed by atoms with Gasteiger partial charge in [-0.05, 0) is 32.4 Å². The Bertz CT molecular complexity index is 148. The van der Waals surface area contributed by atoms with Gasteiger partial charge < -0.3 is 20.1 Å². The molecule has 0 bridgehead atoms. The average molecular weight is 216 g/mol. The predicted octanol–water partition coefficient (Wildman–Crippen LogP) is 0.380. The molecule has 1 saturated heterocycles. The monoisotopic (exact) mass is 216 g/mol. The second kappa shape index (κ2) is 8.05. The maximum absolute atomic E-state index is 5.31. The van der Waals surface area contributed by atoms with E-state index in [4.69, 9.17) is 9.47 Å². The van der Waals surface area contributed by atoms with Gasteiger partial charge in [-0.3, -0.25) is 0 Å². The molecule has 1 fully saturated rings. The third-order valence-corrected chi connectivity index (χ3v) is 2.90. The molecule has 1 aliphatic rings. The fraction of sp³-hybridized carbons (Fsp3) is 1.00. The normalized spacial score (nSPS) is 24.8. The molecule has 2 atom stereocenters. The summed E-state index contributed by atoms with van der Waals surface area (Å²) >= 11 is 0. The van der Waals surface area contributed by atoms with E-state index in [2.05, 4.69) is 10.6 Å². The molecule has 0 radical (unpaired) electrons. The fourth-order valence-corrected chi connectivity index (χ4v) is 1.92. The van der Waals surface area contributed by atoms with E-state index in [-0.39, 0.29) is 6.10 Å². The first kappa shape index (κ1) is 12.9. The zero-order chi connectivity index (χ0) is 10.9. The quantitative estimate of drug-likeness (QED) is 0.673. The van der Waals surface area contributed by atoms with Crippen LogP contribution >= 0.6 is 0 Å². The first-order valence-electron chi connectivity index (χ1n) is 5.82. The number of hydrogen-bond donors (Lipinski definition) is 2. The van der Waals surface area contributed by atoms with Gasteiger partial charge in [0, 0.05) is 26.8 Å². The van der Waals surface area contributed by atoms with Crippen molar-refractivity contribution in [3.8, 4) is 0 Å². The number of ether oxygens (including phenoxy) is 2. The number of rotatable bonds is 6. The van der Waals surface area contributed by atoms with E-state index in [0.29, 0.717) is 12.6 Å². The summed E-state index contributed by atoms with van der Waals surface area (Å²) in [6.07, 6.45) is 3.91. The topological polar surface area (TPSA) is 42.5 Å². The van der Waals surface area contributed by atoms with Crippen molar-refractivity contribution < 1.29 is 9.47 Å². The van der Waals surface area contributed by atoms with Crippen LogP contribution in [-0.2, 0) is 9.47 Å². The van der Waals surface area contributed by atoms with Crippen LogP contribution in [0.15, 0.2) is 0 Å². The highest BCUT2D eigenvalue weighted by Crippen LogP contribution is 2.05. The number of hydrogen-bond acceptors (Lipinski definition) is 4. The van der Waals surface area contributed by atoms with Gasteiger partial charge in [-0.1, -0.05) is 0 Å². The Morgan fingerprint density at radius 3 is 2.93 bits per heavy atom. The predicted molar refractivity (Wildman–Crippen MR) is 61.2 cm³/mol. The molecule has 1 heterocycles. The van der Waals surface area contributed by atoms with E-state index in [1.165, 1.54) is 19.3 Å². The highest BCUT2D eigenvalue weighted by atomic mass is 16.5. The maximum atomic E-state index is 5.31. The van der Waals surface area contributed by atoms with E-state index in [0.717, 1.165) is 19.6 Å². The lowest BCUT2D eigenvalue weighted by molar-refractivity contribution is 0.0271. The summed E-state index contributed by atoms with van der Waals surface area (Å²) in [7, 11) is 3.45. The molecule has 15 heavy (non-hydrogen) atoms. The highest BCUT2D eigenvalue weighted by molar-refractivity contribution is 4.74. The Labute approximate surface area is 92.7 Å². The van der Waals surface area contributed by atoms with Crippen LogP contribution in [0.4, 0.5) is 0 Å². The van der Waals surface area contributed by atoms with Crippen LogP contribution in [0.2, 0.25) is 0 Å². The van der Waals surface area contributed by atoms with E-state index in [1.54, 1.807) is 14.2 Å². The van der Waals surface area contributed by atoms with Crippen LogP contribution in [-0.4, -0.2) is 52.6 Å². The Hall–Kier alpha value is -0.160. The molecule has 0 aromatic rings. The molecule has 1 aliphatic heterocycles. The van der Waals surface area contributed by atoms with E-state index >= 15 is 0 Å². The fourth-order valence-electron chi connectivity index (χ4n) is 1.92. The summed E-state index contributed by atoms with van der Waals surface area (Å²) in [6, 6.07) is 0.634. The van der Waals surface area contributed by atoms with Gasteiger partial charge in [0.2, 0.25) is 0 Å². The van der Waals surface area contributed by atoms with Crippen LogP contribution in [0, 0.1) is 0 Å². The van der Waals surface area contributed by atoms with E-state index in [9.17, 15) is 0 Å². The summed E-state index contributed by atoms with van der Waals surface area (Å²) in [5, 5.41) is 6.96. The van der Waals surface area contributed by atoms with Crippen LogP contribution in [0.1, 0.15) is 19.3 Å². The minimum atomic E-state index is 0.172. The molecule has 2 unspecified atom stereocenters. The molecule has 0 saturated carbocycles. The number of methoxy groups -OCH3 is 2. The molecule has 0 aliphatic carbocycles. The van der Waals surface area contributed by atoms with Crippen LogP contribution in [0.25, 0.3) is 0 Å². The zero-order valence-corrected chi connectivity index (χ0v) is 9.92. The van der Waals surface area contributed by atoms with Crippen molar-refractivity contribution >= 4 is 0 Å². The summed E-state index contributed by atoms with van der Waals surface area (Å²) < 4.78 is 10.4. The molecule has 0 aromatic heterocycles. The van der Waals surface area contributed by atoms with Crippen LogP contribution < -0.4 is 10.6 Å². The third-order valence-electron chi connectivity index (χ3n) is 2.90. The summed E-state index contributed by atoms with van der Waals surface area (Å²) in [5.41, 5.74) is 0. The zero-order valence-electron chi connectivity index (χ0n) is 9.92. The molecular formula is C11H24N2O2. The molecule has 4 heteroatoms. The first-order chi connectivity index (χ1) is 7.36. The van der Waals surface area contributed by atoms with Crippen molar-refractivity contribution in [1.82, 2.24) is 10.6 Å². The lowest BCUT2D eigenvalue weighted by Gasteiger charge is -2.20. The Morgan fingerprint density at radius 1 is 1.33 bits per heavy atom. The first-order valence-corrected chi connectivity index (χ1v) is 5.82. The lowest BCUT2D eigenvalue weighted by atomic mass is 10.1. The minimum Gasteiger partial charge on any atom is -0.382 e. The van der Waals surface area contributed by atoms with Crippen molar-refractivity contribution in [2.45, 2.75) is 31.4 Å². The SMILES string of the molecule is COCC(CNC1CCCNCC1)OC. The van der Waals surface area contributed by atoms with Gasteiger partial charge in [0.1, 0.15) is 0 Å². The van der Waals surface area contributed by atoms with Gasteiger partial charge in [-0.2, -0.15) is 0 Å². The van der Waals surface area contributed by atoms with Gasteiger partial charge >= 0.3 is 0 Å². The minimum absolute atomic E-state index is 0.172. The van der Waals surface area contributed by atoms with Gasteiger partial charge in [-0.15, -0.1) is 0 Å². The van der Waals surface area contributed by atoms with Crippen LogP contribution in [0.5, 0.6) is 0 Å². The molecule has 1 rings (SSSR count). The van der Waals surface area contributed by atoms with Gasteiger partial charge in [0.15, 0.2) is 0 Å². The smallest absolute Gasteiger partial charge is 0.0928 e. The number of nitrogens with one attached hydrogen (secondary N) is 2. The summed E-state index contributed by atoms with van der Waals surface area (Å²) in [6.45, 7) is 3.83. The second-order valence-corrected chi connectivity index (χ2v) is 4.10. The molecule has 2 N–H and O–H groups in total. The molecule has 0 amide bonds. The average Bonchev–Trinajstić information content (AvgIpc) is 2.52. The molecule has 0 spiro atoms. The van der Waals surface area contributed by atoms with Crippen LogP contribution in [0.3, 0.4) is 0 Å². The molecular weight excluding hydrogens is 192 g/mol. The summed E-state index contributed by atoms with van der Waals surface area (Å²) in [4.78, 5) is 0. The molecule has 0 aromatic carbocycles. The third kappa shape index (κ3) is 5.47. The van der Waals surface area contributed by atoms with E-state index < -0.39 is 0 Å². The van der Waals surface area contributed by atoms with Crippen molar-refractivity contribution in [2.24, 2.45) is 0 Å². The standard InChI is InChI=1S/C11H24N2O2/c1-14-9-11(15-2)8-13-10-4-3-6-12-7-5-10/h10-13H,3-9H2,1-2H3. The van der Waals surface area contributed by atoms with Gasteiger partial charge in [0.25, 0.3) is 0 Å². The Balaban J connectivity index is 2.15.